The Morgan fingerprint density at radius 1 is 1.41 bits per heavy atom. The minimum Gasteiger partial charge on any atom is -0.370 e. The molecule has 0 radical (unpaired) electrons. The van der Waals surface area contributed by atoms with Gasteiger partial charge in [-0.2, -0.15) is 0 Å². The first-order valence-corrected chi connectivity index (χ1v) is 7.97. The van der Waals surface area contributed by atoms with E-state index >= 15 is 0 Å². The summed E-state index contributed by atoms with van der Waals surface area (Å²) in [6.07, 6.45) is 5.33. The number of aromatic nitrogens is 1. The van der Waals surface area contributed by atoms with Crippen molar-refractivity contribution in [3.63, 3.8) is 0 Å². The maximum absolute atomic E-state index is 11.6. The van der Waals surface area contributed by atoms with Crippen LogP contribution in [0.4, 0.5) is 11.5 Å². The topological polar surface area (TPSA) is 74.5 Å². The van der Waals surface area contributed by atoms with Crippen LogP contribution in [0.5, 0.6) is 0 Å². The Labute approximate surface area is 132 Å². The van der Waals surface area contributed by atoms with Gasteiger partial charge in [0.15, 0.2) is 0 Å². The van der Waals surface area contributed by atoms with Crippen LogP contribution in [-0.2, 0) is 4.79 Å². The molecule has 0 unspecified atom stereocenters. The van der Waals surface area contributed by atoms with Gasteiger partial charge in [0.25, 0.3) is 0 Å². The summed E-state index contributed by atoms with van der Waals surface area (Å²) in [6, 6.07) is 4.57. The number of hydrogen-bond acceptors (Lipinski definition) is 5. The van der Waals surface area contributed by atoms with Crippen molar-refractivity contribution < 1.29 is 4.79 Å². The van der Waals surface area contributed by atoms with E-state index in [0.717, 1.165) is 18.8 Å². The third kappa shape index (κ3) is 4.68. The van der Waals surface area contributed by atoms with Gasteiger partial charge in [0, 0.05) is 25.6 Å². The van der Waals surface area contributed by atoms with E-state index < -0.39 is 0 Å². The second-order valence-corrected chi connectivity index (χ2v) is 6.02. The van der Waals surface area contributed by atoms with Crippen molar-refractivity contribution in [3.8, 4) is 0 Å². The van der Waals surface area contributed by atoms with Crippen molar-refractivity contribution in [2.24, 2.45) is 5.73 Å². The number of rotatable bonds is 6. The van der Waals surface area contributed by atoms with Crippen molar-refractivity contribution >= 4 is 17.4 Å². The predicted octanol–water partition coefficient (Wildman–Crippen LogP) is 1.29. The van der Waals surface area contributed by atoms with Gasteiger partial charge in [-0.05, 0) is 52.0 Å². The van der Waals surface area contributed by atoms with Gasteiger partial charge in [0.1, 0.15) is 5.82 Å². The molecule has 3 N–H and O–H groups in total. The van der Waals surface area contributed by atoms with Crippen molar-refractivity contribution in [1.82, 2.24) is 9.88 Å². The Morgan fingerprint density at radius 2 is 2.14 bits per heavy atom. The summed E-state index contributed by atoms with van der Waals surface area (Å²) in [5.41, 5.74) is 6.52. The van der Waals surface area contributed by atoms with Gasteiger partial charge in [-0.15, -0.1) is 0 Å². The number of amides is 1. The van der Waals surface area contributed by atoms with Crippen molar-refractivity contribution in [2.45, 2.75) is 31.7 Å². The van der Waals surface area contributed by atoms with Crippen LogP contribution in [0.2, 0.25) is 0 Å². The number of anilines is 2. The quantitative estimate of drug-likeness (QED) is 0.828. The largest absolute Gasteiger partial charge is 0.370 e. The van der Waals surface area contributed by atoms with Crippen LogP contribution in [-0.4, -0.2) is 55.6 Å². The summed E-state index contributed by atoms with van der Waals surface area (Å²) in [5.74, 6) is 0.575. The lowest BCUT2D eigenvalue weighted by Crippen LogP contribution is -2.42. The van der Waals surface area contributed by atoms with E-state index in [2.05, 4.69) is 34.2 Å². The van der Waals surface area contributed by atoms with Crippen molar-refractivity contribution in [1.29, 1.82) is 0 Å². The Morgan fingerprint density at radius 3 is 2.68 bits per heavy atom. The third-order valence-electron chi connectivity index (χ3n) is 4.18. The van der Waals surface area contributed by atoms with Gasteiger partial charge >= 0.3 is 0 Å². The summed E-state index contributed by atoms with van der Waals surface area (Å²) >= 11 is 0. The molecule has 1 aliphatic heterocycles. The maximum atomic E-state index is 11.6. The fraction of sp³-hybridized carbons (Fsp3) is 0.625. The van der Waals surface area contributed by atoms with Crippen LogP contribution in [0, 0.1) is 0 Å². The van der Waals surface area contributed by atoms with Gasteiger partial charge in [-0.3, -0.25) is 4.79 Å². The van der Waals surface area contributed by atoms with Crippen molar-refractivity contribution in [2.75, 3.05) is 43.9 Å². The van der Waals surface area contributed by atoms with E-state index in [1.54, 1.807) is 0 Å². The molecule has 1 fully saturated rings. The number of carbonyl (C=O) groups excluding carboxylic acids is 1. The number of nitrogens with two attached hydrogens (primary N) is 1. The van der Waals surface area contributed by atoms with Crippen LogP contribution >= 0.6 is 0 Å². The van der Waals surface area contributed by atoms with Gasteiger partial charge < -0.3 is 20.9 Å². The van der Waals surface area contributed by atoms with Gasteiger partial charge in [-0.1, -0.05) is 0 Å². The molecule has 1 aromatic heterocycles. The molecule has 1 aliphatic rings. The summed E-state index contributed by atoms with van der Waals surface area (Å²) in [7, 11) is 4.29. The van der Waals surface area contributed by atoms with Crippen LogP contribution < -0.4 is 16.0 Å². The summed E-state index contributed by atoms with van der Waals surface area (Å²) in [4.78, 5) is 20.6. The van der Waals surface area contributed by atoms with Crippen LogP contribution in [0.25, 0.3) is 0 Å². The Hall–Kier alpha value is -1.66. The molecule has 6 nitrogen and oxygen atoms in total. The third-order valence-corrected chi connectivity index (χ3v) is 4.18. The standard InChI is InChI=1S/C16H27N5O/c1-20(2)13-7-10-21(11-8-13)14-5-6-15(18-12-14)19-16(22)4-3-9-17/h5-6,12-13H,3-4,7-11,17H2,1-2H3,(H,18,19,22). The van der Waals surface area contributed by atoms with Gasteiger partial charge in [-0.25, -0.2) is 4.98 Å². The number of pyridine rings is 1. The second kappa shape index (κ2) is 8.10. The molecule has 1 aromatic rings. The molecule has 0 saturated carbocycles. The van der Waals surface area contributed by atoms with E-state index in [1.807, 2.05) is 18.3 Å². The fourth-order valence-corrected chi connectivity index (χ4v) is 2.76. The summed E-state index contributed by atoms with van der Waals surface area (Å²) in [5, 5.41) is 2.80. The van der Waals surface area contributed by atoms with E-state index in [4.69, 9.17) is 5.73 Å². The molecule has 22 heavy (non-hydrogen) atoms. The molecule has 0 spiro atoms. The molecule has 1 amide bonds. The zero-order chi connectivity index (χ0) is 15.9. The van der Waals surface area contributed by atoms with E-state index in [-0.39, 0.29) is 5.91 Å². The molecule has 0 bridgehead atoms. The molecule has 0 atom stereocenters. The molecule has 2 heterocycles. The summed E-state index contributed by atoms with van der Waals surface area (Å²) < 4.78 is 0. The number of hydrogen-bond donors (Lipinski definition) is 2. The SMILES string of the molecule is CN(C)C1CCN(c2ccc(NC(=O)CCCN)nc2)CC1. The molecular formula is C16H27N5O. The number of carbonyl (C=O) groups is 1. The van der Waals surface area contributed by atoms with Gasteiger partial charge in [0.05, 0.1) is 11.9 Å². The molecular weight excluding hydrogens is 278 g/mol. The minimum absolute atomic E-state index is 0.0301. The van der Waals surface area contributed by atoms with E-state index in [0.29, 0.717) is 31.2 Å². The Bertz CT molecular complexity index is 466. The van der Waals surface area contributed by atoms with Gasteiger partial charge in [0.2, 0.25) is 5.91 Å². The smallest absolute Gasteiger partial charge is 0.225 e. The average Bonchev–Trinajstić information content (AvgIpc) is 2.54. The number of nitrogens with zero attached hydrogens (tertiary/aromatic N) is 3. The molecule has 0 aromatic carbocycles. The maximum Gasteiger partial charge on any atom is 0.225 e. The molecule has 1 saturated heterocycles. The predicted molar refractivity (Wildman–Crippen MR) is 90.1 cm³/mol. The second-order valence-electron chi connectivity index (χ2n) is 6.02. The van der Waals surface area contributed by atoms with Crippen LogP contribution in [0.1, 0.15) is 25.7 Å². The zero-order valence-corrected chi connectivity index (χ0v) is 13.6. The highest BCUT2D eigenvalue weighted by Gasteiger charge is 2.20. The van der Waals surface area contributed by atoms with E-state index in [9.17, 15) is 4.79 Å². The molecule has 6 heteroatoms. The highest BCUT2D eigenvalue weighted by atomic mass is 16.1. The zero-order valence-electron chi connectivity index (χ0n) is 13.6. The first-order chi connectivity index (χ1) is 10.6. The van der Waals surface area contributed by atoms with Crippen molar-refractivity contribution in [3.05, 3.63) is 18.3 Å². The lowest BCUT2D eigenvalue weighted by Gasteiger charge is -2.36. The molecule has 2 rings (SSSR count). The first kappa shape index (κ1) is 16.7. The Balaban J connectivity index is 1.86. The number of nitrogens with one attached hydrogen (secondary N) is 1. The molecule has 0 aliphatic carbocycles. The summed E-state index contributed by atoms with van der Waals surface area (Å²) in [6.45, 7) is 2.63. The molecule has 122 valence electrons. The highest BCUT2D eigenvalue weighted by molar-refractivity contribution is 5.89. The Kier molecular flexibility index (Phi) is 6.15. The normalized spacial score (nSPS) is 16.1. The lowest BCUT2D eigenvalue weighted by molar-refractivity contribution is -0.116. The average molecular weight is 305 g/mol. The lowest BCUT2D eigenvalue weighted by atomic mass is 10.0. The monoisotopic (exact) mass is 305 g/mol. The highest BCUT2D eigenvalue weighted by Crippen LogP contribution is 2.21. The first-order valence-electron chi connectivity index (χ1n) is 7.97. The van der Waals surface area contributed by atoms with Crippen LogP contribution in [0.3, 0.4) is 0 Å². The number of piperidine rings is 1. The fourth-order valence-electron chi connectivity index (χ4n) is 2.76. The van der Waals surface area contributed by atoms with Crippen LogP contribution in [0.15, 0.2) is 18.3 Å². The van der Waals surface area contributed by atoms with E-state index in [1.165, 1.54) is 12.8 Å². The minimum atomic E-state index is -0.0301.